The molecule has 0 saturated carbocycles. The summed E-state index contributed by atoms with van der Waals surface area (Å²) in [7, 11) is 0. The predicted octanol–water partition coefficient (Wildman–Crippen LogP) is 3.06. The largest absolute Gasteiger partial charge is 0.492 e. The number of ether oxygens (including phenoxy) is 1. The van der Waals surface area contributed by atoms with E-state index < -0.39 is 0 Å². The number of rotatable bonds is 6. The minimum absolute atomic E-state index is 0.710. The van der Waals surface area contributed by atoms with Gasteiger partial charge in [0.1, 0.15) is 12.4 Å². The molecule has 0 radical (unpaired) electrons. The first-order valence-electron chi connectivity index (χ1n) is 5.37. The fraction of sp³-hybridized carbons (Fsp3) is 0.500. The van der Waals surface area contributed by atoms with Crippen molar-refractivity contribution in [1.29, 1.82) is 0 Å². The van der Waals surface area contributed by atoms with E-state index in [4.69, 9.17) is 16.3 Å². The van der Waals surface area contributed by atoms with E-state index in [0.717, 1.165) is 30.4 Å². The van der Waals surface area contributed by atoms with E-state index in [1.807, 2.05) is 24.3 Å². The summed E-state index contributed by atoms with van der Waals surface area (Å²) in [5, 5.41) is 0.718. The second kappa shape index (κ2) is 6.70. The number of hydrogen-bond acceptors (Lipinski definition) is 2. The summed E-state index contributed by atoms with van der Waals surface area (Å²) >= 11 is 5.85. The van der Waals surface area contributed by atoms with Gasteiger partial charge in [-0.05, 0) is 31.3 Å². The summed E-state index contributed by atoms with van der Waals surface area (Å²) in [6.07, 6.45) is 0. The van der Waals surface area contributed by atoms with Gasteiger partial charge in [-0.3, -0.25) is 0 Å². The Morgan fingerprint density at radius 2 is 2.00 bits per heavy atom. The lowest BCUT2D eigenvalue weighted by molar-refractivity contribution is 0.223. The maximum atomic E-state index is 5.85. The van der Waals surface area contributed by atoms with E-state index in [1.165, 1.54) is 0 Å². The van der Waals surface area contributed by atoms with Gasteiger partial charge in [-0.1, -0.05) is 31.5 Å². The highest BCUT2D eigenvalue weighted by molar-refractivity contribution is 6.30. The van der Waals surface area contributed by atoms with Gasteiger partial charge in [-0.15, -0.1) is 0 Å². The van der Waals surface area contributed by atoms with Crippen LogP contribution in [0.1, 0.15) is 13.8 Å². The zero-order valence-electron chi connectivity index (χ0n) is 9.37. The molecule has 0 spiro atoms. The Kier molecular flexibility index (Phi) is 5.51. The van der Waals surface area contributed by atoms with E-state index in [0.29, 0.717) is 6.61 Å². The average molecular weight is 228 g/mol. The average Bonchev–Trinajstić information content (AvgIpc) is 2.25. The van der Waals surface area contributed by atoms with Crippen molar-refractivity contribution in [3.63, 3.8) is 0 Å². The van der Waals surface area contributed by atoms with Crippen LogP contribution in [0.15, 0.2) is 24.3 Å². The van der Waals surface area contributed by atoms with Crippen LogP contribution in [0.3, 0.4) is 0 Å². The molecule has 1 aromatic rings. The molecule has 0 N–H and O–H groups in total. The van der Waals surface area contributed by atoms with Crippen molar-refractivity contribution in [2.45, 2.75) is 13.8 Å². The highest BCUT2D eigenvalue weighted by Gasteiger charge is 1.99. The van der Waals surface area contributed by atoms with Crippen LogP contribution in [0.25, 0.3) is 0 Å². The Hall–Kier alpha value is -0.730. The van der Waals surface area contributed by atoms with Gasteiger partial charge < -0.3 is 9.64 Å². The topological polar surface area (TPSA) is 12.5 Å². The summed E-state index contributed by atoms with van der Waals surface area (Å²) in [6.45, 7) is 8.11. The van der Waals surface area contributed by atoms with Crippen LogP contribution in [0.5, 0.6) is 5.75 Å². The minimum atomic E-state index is 0.710. The molecule has 0 aliphatic carbocycles. The molecule has 0 heterocycles. The first-order chi connectivity index (χ1) is 7.26. The summed E-state index contributed by atoms with van der Waals surface area (Å²) < 4.78 is 5.59. The molecule has 84 valence electrons. The van der Waals surface area contributed by atoms with Crippen LogP contribution in [0, 0.1) is 0 Å². The Morgan fingerprint density at radius 3 is 2.60 bits per heavy atom. The Morgan fingerprint density at radius 1 is 1.27 bits per heavy atom. The van der Waals surface area contributed by atoms with Gasteiger partial charge in [-0.25, -0.2) is 0 Å². The van der Waals surface area contributed by atoms with Crippen LogP contribution in [0.2, 0.25) is 5.02 Å². The van der Waals surface area contributed by atoms with Crippen molar-refractivity contribution < 1.29 is 4.74 Å². The molecule has 2 nitrogen and oxygen atoms in total. The van der Waals surface area contributed by atoms with E-state index in [2.05, 4.69) is 18.7 Å². The number of likely N-dealkylation sites (N-methyl/N-ethyl adjacent to an activating group) is 1. The van der Waals surface area contributed by atoms with E-state index in [1.54, 1.807) is 0 Å². The zero-order valence-corrected chi connectivity index (χ0v) is 10.1. The smallest absolute Gasteiger partial charge is 0.120 e. The number of benzene rings is 1. The zero-order chi connectivity index (χ0) is 11.1. The number of nitrogens with zero attached hydrogens (tertiary/aromatic N) is 1. The molecule has 0 aliphatic rings. The molecule has 0 atom stereocenters. The standard InChI is InChI=1S/C12H18ClNO/c1-3-14(4-2)8-9-15-12-7-5-6-11(13)10-12/h5-7,10H,3-4,8-9H2,1-2H3. The summed E-state index contributed by atoms with van der Waals surface area (Å²) in [5.74, 6) is 0.842. The second-order valence-electron chi connectivity index (χ2n) is 3.33. The maximum Gasteiger partial charge on any atom is 0.120 e. The van der Waals surface area contributed by atoms with Gasteiger partial charge in [0.25, 0.3) is 0 Å². The lowest BCUT2D eigenvalue weighted by Crippen LogP contribution is -2.27. The van der Waals surface area contributed by atoms with Crippen LogP contribution in [-0.2, 0) is 0 Å². The van der Waals surface area contributed by atoms with Crippen molar-refractivity contribution in [3.05, 3.63) is 29.3 Å². The number of halogens is 1. The molecule has 3 heteroatoms. The third kappa shape index (κ3) is 4.54. The highest BCUT2D eigenvalue weighted by atomic mass is 35.5. The molecule has 0 aliphatic heterocycles. The van der Waals surface area contributed by atoms with Crippen molar-refractivity contribution in [2.75, 3.05) is 26.2 Å². The maximum absolute atomic E-state index is 5.85. The quantitative estimate of drug-likeness (QED) is 0.741. The Labute approximate surface area is 96.8 Å². The molecule has 1 aromatic carbocycles. The van der Waals surface area contributed by atoms with Crippen LogP contribution in [-0.4, -0.2) is 31.1 Å². The van der Waals surface area contributed by atoms with Gasteiger partial charge in [0.2, 0.25) is 0 Å². The Balaban J connectivity index is 2.31. The van der Waals surface area contributed by atoms with Gasteiger partial charge >= 0.3 is 0 Å². The van der Waals surface area contributed by atoms with Gasteiger partial charge in [0, 0.05) is 11.6 Å². The molecule has 0 bridgehead atoms. The van der Waals surface area contributed by atoms with Gasteiger partial charge in [0.05, 0.1) is 0 Å². The molecule has 0 unspecified atom stereocenters. The molecule has 0 fully saturated rings. The molecule has 0 amide bonds. The monoisotopic (exact) mass is 227 g/mol. The van der Waals surface area contributed by atoms with Crippen LogP contribution >= 0.6 is 11.6 Å². The fourth-order valence-corrected chi connectivity index (χ4v) is 1.57. The predicted molar refractivity (Wildman–Crippen MR) is 64.7 cm³/mol. The molecular weight excluding hydrogens is 210 g/mol. The van der Waals surface area contributed by atoms with E-state index in [9.17, 15) is 0 Å². The first kappa shape index (κ1) is 12.3. The number of hydrogen-bond donors (Lipinski definition) is 0. The van der Waals surface area contributed by atoms with Crippen molar-refractivity contribution in [3.8, 4) is 5.75 Å². The minimum Gasteiger partial charge on any atom is -0.492 e. The van der Waals surface area contributed by atoms with E-state index >= 15 is 0 Å². The SMILES string of the molecule is CCN(CC)CCOc1cccc(Cl)c1. The third-order valence-electron chi connectivity index (χ3n) is 2.37. The summed E-state index contributed by atoms with van der Waals surface area (Å²) in [5.41, 5.74) is 0. The third-order valence-corrected chi connectivity index (χ3v) is 2.60. The second-order valence-corrected chi connectivity index (χ2v) is 3.77. The summed E-state index contributed by atoms with van der Waals surface area (Å²) in [6, 6.07) is 7.51. The fourth-order valence-electron chi connectivity index (χ4n) is 1.39. The van der Waals surface area contributed by atoms with Gasteiger partial charge in [0.15, 0.2) is 0 Å². The van der Waals surface area contributed by atoms with E-state index in [-0.39, 0.29) is 0 Å². The highest BCUT2D eigenvalue weighted by Crippen LogP contribution is 2.16. The summed E-state index contributed by atoms with van der Waals surface area (Å²) in [4.78, 5) is 2.32. The lowest BCUT2D eigenvalue weighted by atomic mass is 10.3. The van der Waals surface area contributed by atoms with Crippen LogP contribution < -0.4 is 4.74 Å². The van der Waals surface area contributed by atoms with Crippen molar-refractivity contribution in [1.82, 2.24) is 4.90 Å². The van der Waals surface area contributed by atoms with Crippen LogP contribution in [0.4, 0.5) is 0 Å². The molecular formula is C12H18ClNO. The lowest BCUT2D eigenvalue weighted by Gasteiger charge is -2.17. The van der Waals surface area contributed by atoms with Crippen molar-refractivity contribution >= 4 is 11.6 Å². The Bertz CT molecular complexity index is 287. The normalized spacial score (nSPS) is 10.7. The molecule has 15 heavy (non-hydrogen) atoms. The molecule has 0 aromatic heterocycles. The molecule has 0 saturated heterocycles. The molecule has 1 rings (SSSR count). The van der Waals surface area contributed by atoms with Crippen molar-refractivity contribution in [2.24, 2.45) is 0 Å². The van der Waals surface area contributed by atoms with Gasteiger partial charge in [-0.2, -0.15) is 0 Å². The first-order valence-corrected chi connectivity index (χ1v) is 5.74.